The third-order valence-corrected chi connectivity index (χ3v) is 5.69. The number of hydrogen-bond acceptors (Lipinski definition) is 5. The van der Waals surface area contributed by atoms with Crippen molar-refractivity contribution in [1.29, 1.82) is 0 Å². The number of thioether (sulfide) groups is 1. The summed E-state index contributed by atoms with van der Waals surface area (Å²) in [7, 11) is 0. The van der Waals surface area contributed by atoms with Gasteiger partial charge in [-0.15, -0.1) is 11.8 Å². The average molecular weight is 417 g/mol. The van der Waals surface area contributed by atoms with Gasteiger partial charge in [-0.05, 0) is 36.4 Å². The molecule has 1 heterocycles. The fraction of sp³-hybridized carbons (Fsp3) is 0.333. The number of amides is 2. The molecular formula is C21H25FN4O2S. The van der Waals surface area contributed by atoms with Crippen LogP contribution in [0.15, 0.2) is 59.5 Å². The van der Waals surface area contributed by atoms with E-state index >= 15 is 0 Å². The lowest BCUT2D eigenvalue weighted by Gasteiger charge is -2.36. The number of piperazine rings is 1. The molecule has 2 aromatic carbocycles. The fourth-order valence-corrected chi connectivity index (χ4v) is 3.74. The Bertz CT molecular complexity index is 796. The molecular weight excluding hydrogens is 391 g/mol. The van der Waals surface area contributed by atoms with Crippen LogP contribution in [0.3, 0.4) is 0 Å². The summed E-state index contributed by atoms with van der Waals surface area (Å²) in [6.07, 6.45) is 0.330. The smallest absolute Gasteiger partial charge is 0.248 e. The Morgan fingerprint density at radius 1 is 0.897 bits per heavy atom. The van der Waals surface area contributed by atoms with Crippen LogP contribution in [0.1, 0.15) is 6.42 Å². The quantitative estimate of drug-likeness (QED) is 0.536. The van der Waals surface area contributed by atoms with Gasteiger partial charge in [0.05, 0.1) is 5.75 Å². The summed E-state index contributed by atoms with van der Waals surface area (Å²) in [6.45, 7) is 4.34. The minimum atomic E-state index is -0.312. The van der Waals surface area contributed by atoms with Gasteiger partial charge in [0.2, 0.25) is 11.8 Å². The number of anilines is 1. The van der Waals surface area contributed by atoms with E-state index < -0.39 is 0 Å². The molecule has 0 bridgehead atoms. The van der Waals surface area contributed by atoms with Crippen LogP contribution < -0.4 is 15.8 Å². The van der Waals surface area contributed by atoms with Gasteiger partial charge in [-0.2, -0.15) is 0 Å². The van der Waals surface area contributed by atoms with Crippen LogP contribution in [-0.4, -0.2) is 55.2 Å². The lowest BCUT2D eigenvalue weighted by atomic mass is 10.2. The van der Waals surface area contributed by atoms with E-state index in [1.807, 2.05) is 18.2 Å². The summed E-state index contributed by atoms with van der Waals surface area (Å²) in [5.74, 6) is -0.680. The number of hydrogen-bond donors (Lipinski definition) is 2. The number of benzene rings is 2. The molecule has 3 rings (SSSR count). The minimum absolute atomic E-state index is 0.146. The second-order valence-corrected chi connectivity index (χ2v) is 7.80. The number of nitrogens with one attached hydrogen (secondary N) is 2. The number of carbonyl (C=O) groups excluding carboxylic acids is 2. The normalized spacial score (nSPS) is 14.4. The van der Waals surface area contributed by atoms with Crippen LogP contribution in [0, 0.1) is 5.82 Å². The highest BCUT2D eigenvalue weighted by molar-refractivity contribution is 8.00. The molecule has 1 aliphatic heterocycles. The summed E-state index contributed by atoms with van der Waals surface area (Å²) < 4.78 is 12.9. The Morgan fingerprint density at radius 3 is 2.24 bits per heavy atom. The van der Waals surface area contributed by atoms with Crippen molar-refractivity contribution >= 4 is 29.3 Å². The van der Waals surface area contributed by atoms with E-state index in [-0.39, 0.29) is 23.4 Å². The Kier molecular flexibility index (Phi) is 7.89. The fourth-order valence-electron chi connectivity index (χ4n) is 3.05. The number of hydrazine groups is 1. The summed E-state index contributed by atoms with van der Waals surface area (Å²) in [5.41, 5.74) is 6.10. The van der Waals surface area contributed by atoms with Crippen molar-refractivity contribution in [2.75, 3.05) is 43.4 Å². The molecule has 2 N–H and O–H groups in total. The predicted molar refractivity (Wildman–Crippen MR) is 113 cm³/mol. The Hall–Kier alpha value is -2.58. The van der Waals surface area contributed by atoms with E-state index in [0.29, 0.717) is 13.0 Å². The first-order chi connectivity index (χ1) is 14.1. The summed E-state index contributed by atoms with van der Waals surface area (Å²) >= 11 is 1.28. The number of rotatable bonds is 7. The molecule has 1 saturated heterocycles. The number of nitrogens with zero attached hydrogens (tertiary/aromatic N) is 2. The van der Waals surface area contributed by atoms with Crippen molar-refractivity contribution in [3.8, 4) is 0 Å². The lowest BCUT2D eigenvalue weighted by Crippen LogP contribution is -2.48. The van der Waals surface area contributed by atoms with Crippen molar-refractivity contribution in [2.45, 2.75) is 11.3 Å². The van der Waals surface area contributed by atoms with Gasteiger partial charge in [-0.25, -0.2) is 4.39 Å². The molecule has 2 amide bonds. The summed E-state index contributed by atoms with van der Waals surface area (Å²) in [5, 5.41) is 0. The van der Waals surface area contributed by atoms with E-state index in [4.69, 9.17) is 0 Å². The summed E-state index contributed by atoms with van der Waals surface area (Å²) in [6, 6.07) is 16.2. The number of carbonyl (C=O) groups is 2. The van der Waals surface area contributed by atoms with Gasteiger partial charge in [0.25, 0.3) is 0 Å². The Labute approximate surface area is 174 Å². The van der Waals surface area contributed by atoms with Gasteiger partial charge >= 0.3 is 0 Å². The molecule has 0 aromatic heterocycles. The van der Waals surface area contributed by atoms with Crippen LogP contribution in [0.25, 0.3) is 0 Å². The molecule has 0 unspecified atom stereocenters. The molecule has 1 fully saturated rings. The highest BCUT2D eigenvalue weighted by Crippen LogP contribution is 2.17. The number of halogens is 1. The largest absolute Gasteiger partial charge is 0.369 e. The lowest BCUT2D eigenvalue weighted by molar-refractivity contribution is -0.127. The first-order valence-electron chi connectivity index (χ1n) is 9.58. The number of para-hydroxylation sites is 1. The van der Waals surface area contributed by atoms with Crippen molar-refractivity contribution in [3.05, 3.63) is 60.4 Å². The average Bonchev–Trinajstić information content (AvgIpc) is 2.77. The molecule has 154 valence electrons. The topological polar surface area (TPSA) is 64.7 Å². The SMILES string of the molecule is O=C(CCN1CCN(c2ccccc2)CC1)NNC(=O)CSc1ccc(F)cc1. The van der Waals surface area contributed by atoms with E-state index in [2.05, 4.69) is 32.8 Å². The Morgan fingerprint density at radius 2 is 1.55 bits per heavy atom. The zero-order chi connectivity index (χ0) is 20.5. The summed E-state index contributed by atoms with van der Waals surface area (Å²) in [4.78, 5) is 29.2. The molecule has 0 spiro atoms. The van der Waals surface area contributed by atoms with Gasteiger partial charge in [-0.1, -0.05) is 18.2 Å². The van der Waals surface area contributed by atoms with Crippen molar-refractivity contribution in [1.82, 2.24) is 15.8 Å². The zero-order valence-corrected chi connectivity index (χ0v) is 17.0. The minimum Gasteiger partial charge on any atom is -0.369 e. The van der Waals surface area contributed by atoms with Crippen LogP contribution in [0.5, 0.6) is 0 Å². The second-order valence-electron chi connectivity index (χ2n) is 6.75. The zero-order valence-electron chi connectivity index (χ0n) is 16.1. The van der Waals surface area contributed by atoms with Gasteiger partial charge in [0.15, 0.2) is 0 Å². The van der Waals surface area contributed by atoms with Gasteiger partial charge in [0, 0.05) is 49.7 Å². The maximum atomic E-state index is 12.9. The standard InChI is InChI=1S/C21H25FN4O2S/c22-17-6-8-19(9-7-17)29-16-21(28)24-23-20(27)10-11-25-12-14-26(15-13-25)18-4-2-1-3-5-18/h1-9H,10-16H2,(H,23,27)(H,24,28). The van der Waals surface area contributed by atoms with Crippen LogP contribution in [0.4, 0.5) is 10.1 Å². The Balaban J connectivity index is 1.28. The van der Waals surface area contributed by atoms with Crippen LogP contribution in [0.2, 0.25) is 0 Å². The monoisotopic (exact) mass is 416 g/mol. The molecule has 6 nitrogen and oxygen atoms in total. The van der Waals surface area contributed by atoms with E-state index in [1.165, 1.54) is 29.6 Å². The van der Waals surface area contributed by atoms with E-state index in [1.54, 1.807) is 12.1 Å². The van der Waals surface area contributed by atoms with Gasteiger partial charge in [-0.3, -0.25) is 25.3 Å². The molecule has 0 saturated carbocycles. The third-order valence-electron chi connectivity index (χ3n) is 4.67. The van der Waals surface area contributed by atoms with Crippen molar-refractivity contribution < 1.29 is 14.0 Å². The first kappa shape index (κ1) is 21.1. The second kappa shape index (κ2) is 10.8. The predicted octanol–water partition coefficient (Wildman–Crippen LogP) is 2.28. The van der Waals surface area contributed by atoms with Crippen LogP contribution in [-0.2, 0) is 9.59 Å². The van der Waals surface area contributed by atoms with Gasteiger partial charge in [0.1, 0.15) is 5.82 Å². The molecule has 2 aromatic rings. The molecule has 8 heteroatoms. The van der Waals surface area contributed by atoms with Crippen molar-refractivity contribution in [3.63, 3.8) is 0 Å². The van der Waals surface area contributed by atoms with E-state index in [0.717, 1.165) is 31.1 Å². The molecule has 1 aliphatic rings. The van der Waals surface area contributed by atoms with Gasteiger partial charge < -0.3 is 4.90 Å². The molecule has 0 atom stereocenters. The molecule has 0 radical (unpaired) electrons. The van der Waals surface area contributed by atoms with E-state index in [9.17, 15) is 14.0 Å². The maximum absolute atomic E-state index is 12.9. The highest BCUT2D eigenvalue weighted by atomic mass is 32.2. The molecule has 29 heavy (non-hydrogen) atoms. The molecule has 0 aliphatic carbocycles. The van der Waals surface area contributed by atoms with Crippen LogP contribution >= 0.6 is 11.8 Å². The highest BCUT2D eigenvalue weighted by Gasteiger charge is 2.17. The third kappa shape index (κ3) is 7.07. The van der Waals surface area contributed by atoms with Crippen molar-refractivity contribution in [2.24, 2.45) is 0 Å². The first-order valence-corrected chi connectivity index (χ1v) is 10.6. The maximum Gasteiger partial charge on any atom is 0.248 e.